The number of thioether (sulfide) groups is 1. The molecule has 0 fully saturated rings. The smallest absolute Gasteiger partial charge is 0.258 e. The number of hydrogen-bond donors (Lipinski definition) is 0. The van der Waals surface area contributed by atoms with E-state index in [-0.39, 0.29) is 16.5 Å². The van der Waals surface area contributed by atoms with Gasteiger partial charge in [0.2, 0.25) is 0 Å². The van der Waals surface area contributed by atoms with Crippen molar-refractivity contribution in [3.05, 3.63) is 15.8 Å². The van der Waals surface area contributed by atoms with Crippen LogP contribution in [0.15, 0.2) is 5.03 Å². The molecule has 1 aromatic heterocycles. The molecule has 17 heavy (non-hydrogen) atoms. The standard InChI is InChI=1S/C10H16ClN3O2S/c1-7(2)8-9(14(15)16)10(13(3)12-8)17-6-4-5-11/h7H,4-6H2,1-3H3. The van der Waals surface area contributed by atoms with Crippen molar-refractivity contribution in [1.29, 1.82) is 0 Å². The summed E-state index contributed by atoms with van der Waals surface area (Å²) in [6, 6.07) is 0. The van der Waals surface area contributed by atoms with Gasteiger partial charge in [-0.05, 0) is 6.42 Å². The third kappa shape index (κ3) is 3.35. The van der Waals surface area contributed by atoms with Crippen LogP contribution in [0.3, 0.4) is 0 Å². The van der Waals surface area contributed by atoms with Crippen LogP contribution in [-0.4, -0.2) is 26.3 Å². The second-order valence-electron chi connectivity index (χ2n) is 3.97. The third-order valence-corrected chi connectivity index (χ3v) is 3.73. The van der Waals surface area contributed by atoms with E-state index >= 15 is 0 Å². The van der Waals surface area contributed by atoms with E-state index < -0.39 is 0 Å². The summed E-state index contributed by atoms with van der Waals surface area (Å²) >= 11 is 7.04. The molecule has 0 atom stereocenters. The molecule has 7 heteroatoms. The van der Waals surface area contributed by atoms with Crippen LogP contribution in [0.25, 0.3) is 0 Å². The molecule has 96 valence electrons. The molecule has 0 N–H and O–H groups in total. The van der Waals surface area contributed by atoms with Gasteiger partial charge in [-0.3, -0.25) is 14.8 Å². The number of hydrogen-bond acceptors (Lipinski definition) is 4. The van der Waals surface area contributed by atoms with Crippen molar-refractivity contribution >= 4 is 29.1 Å². The van der Waals surface area contributed by atoms with Crippen LogP contribution in [0.5, 0.6) is 0 Å². The Bertz CT molecular complexity index is 407. The number of nitrogens with zero attached hydrogens (tertiary/aromatic N) is 3. The number of rotatable bonds is 6. The second-order valence-corrected chi connectivity index (χ2v) is 5.43. The van der Waals surface area contributed by atoms with Crippen molar-refractivity contribution in [1.82, 2.24) is 9.78 Å². The van der Waals surface area contributed by atoms with Gasteiger partial charge in [0.15, 0.2) is 5.03 Å². The molecule has 1 aromatic rings. The largest absolute Gasteiger partial charge is 0.324 e. The SMILES string of the molecule is CC(C)c1nn(C)c(SCCCCl)c1[N+](=O)[O-]. The van der Waals surface area contributed by atoms with Crippen LogP contribution < -0.4 is 0 Å². The van der Waals surface area contributed by atoms with Crippen LogP contribution in [0.2, 0.25) is 0 Å². The van der Waals surface area contributed by atoms with Gasteiger partial charge in [0.25, 0.3) is 0 Å². The van der Waals surface area contributed by atoms with Gasteiger partial charge in [0.1, 0.15) is 5.69 Å². The maximum absolute atomic E-state index is 11.1. The monoisotopic (exact) mass is 277 g/mol. The first-order valence-electron chi connectivity index (χ1n) is 5.39. The number of nitro groups is 1. The summed E-state index contributed by atoms with van der Waals surface area (Å²) < 4.78 is 1.59. The molecule has 0 saturated carbocycles. The first-order chi connectivity index (χ1) is 7.99. The molecule has 5 nitrogen and oxygen atoms in total. The highest BCUT2D eigenvalue weighted by atomic mass is 35.5. The summed E-state index contributed by atoms with van der Waals surface area (Å²) in [6.07, 6.45) is 0.825. The van der Waals surface area contributed by atoms with Crippen molar-refractivity contribution in [2.24, 2.45) is 7.05 Å². The fourth-order valence-electron chi connectivity index (χ4n) is 1.46. The molecule has 1 heterocycles. The molecule has 1 rings (SSSR count). The first kappa shape index (κ1) is 14.3. The summed E-state index contributed by atoms with van der Waals surface area (Å²) in [7, 11) is 1.74. The molecule has 0 aliphatic heterocycles. The number of aryl methyl sites for hydroxylation is 1. The Hall–Kier alpha value is -0.750. The minimum Gasteiger partial charge on any atom is -0.258 e. The minimum absolute atomic E-state index is 0.0453. The quantitative estimate of drug-likeness (QED) is 0.263. The molecule has 0 aromatic carbocycles. The Balaban J connectivity index is 3.05. The zero-order valence-corrected chi connectivity index (χ0v) is 11.7. The highest BCUT2D eigenvalue weighted by Crippen LogP contribution is 2.35. The summed E-state index contributed by atoms with van der Waals surface area (Å²) in [6.45, 7) is 3.81. The molecule has 0 spiro atoms. The molecule has 0 saturated heterocycles. The van der Waals surface area contributed by atoms with Gasteiger partial charge in [-0.25, -0.2) is 0 Å². The van der Waals surface area contributed by atoms with Crippen LogP contribution in [0, 0.1) is 10.1 Å². The molecule has 0 radical (unpaired) electrons. The lowest BCUT2D eigenvalue weighted by atomic mass is 10.1. The normalized spacial score (nSPS) is 11.1. The van der Waals surface area contributed by atoms with E-state index in [2.05, 4.69) is 5.10 Å². The molecule has 0 aliphatic carbocycles. The van der Waals surface area contributed by atoms with E-state index in [0.717, 1.165) is 12.2 Å². The van der Waals surface area contributed by atoms with Gasteiger partial charge in [-0.2, -0.15) is 5.10 Å². The number of alkyl halides is 1. The van der Waals surface area contributed by atoms with E-state index in [1.165, 1.54) is 11.8 Å². The predicted molar refractivity (Wildman–Crippen MR) is 70.0 cm³/mol. The Morgan fingerprint density at radius 3 is 2.71 bits per heavy atom. The van der Waals surface area contributed by atoms with Crippen molar-refractivity contribution < 1.29 is 4.92 Å². The molecule has 0 unspecified atom stereocenters. The first-order valence-corrected chi connectivity index (χ1v) is 6.91. The van der Waals surface area contributed by atoms with Gasteiger partial charge in [0, 0.05) is 24.6 Å². The van der Waals surface area contributed by atoms with Crippen LogP contribution in [-0.2, 0) is 7.05 Å². The lowest BCUT2D eigenvalue weighted by Crippen LogP contribution is -1.96. The third-order valence-electron chi connectivity index (χ3n) is 2.24. The molecule has 0 bridgehead atoms. The van der Waals surface area contributed by atoms with Crippen molar-refractivity contribution in [2.75, 3.05) is 11.6 Å². The van der Waals surface area contributed by atoms with Crippen LogP contribution in [0.1, 0.15) is 31.9 Å². The Labute approximate surface area is 110 Å². The predicted octanol–water partition coefficient (Wildman–Crippen LogP) is 3.17. The van der Waals surface area contributed by atoms with Gasteiger partial charge in [0.05, 0.1) is 4.92 Å². The Kier molecular flexibility index (Phi) is 5.27. The number of halogens is 1. The van der Waals surface area contributed by atoms with E-state index in [0.29, 0.717) is 16.6 Å². The van der Waals surface area contributed by atoms with Gasteiger partial charge in [-0.1, -0.05) is 25.6 Å². The molecule has 0 aliphatic rings. The topological polar surface area (TPSA) is 61.0 Å². The average Bonchev–Trinajstić information content (AvgIpc) is 2.57. The van der Waals surface area contributed by atoms with E-state index in [1.807, 2.05) is 13.8 Å². The molecule has 0 amide bonds. The maximum atomic E-state index is 11.1. The van der Waals surface area contributed by atoms with Crippen molar-refractivity contribution in [3.8, 4) is 0 Å². The lowest BCUT2D eigenvalue weighted by Gasteiger charge is -2.00. The molecular weight excluding hydrogens is 262 g/mol. The minimum atomic E-state index is -0.342. The van der Waals surface area contributed by atoms with E-state index in [4.69, 9.17) is 11.6 Å². The fraction of sp³-hybridized carbons (Fsp3) is 0.700. The highest BCUT2D eigenvalue weighted by Gasteiger charge is 2.28. The number of aromatic nitrogens is 2. The van der Waals surface area contributed by atoms with E-state index in [1.54, 1.807) is 11.7 Å². The van der Waals surface area contributed by atoms with Gasteiger partial charge < -0.3 is 0 Å². The summed E-state index contributed by atoms with van der Waals surface area (Å²) in [4.78, 5) is 10.8. The van der Waals surface area contributed by atoms with Crippen LogP contribution in [0.4, 0.5) is 5.69 Å². The summed E-state index contributed by atoms with van der Waals surface area (Å²) in [5, 5.41) is 16.0. The Morgan fingerprint density at radius 1 is 1.59 bits per heavy atom. The van der Waals surface area contributed by atoms with E-state index in [9.17, 15) is 10.1 Å². The van der Waals surface area contributed by atoms with Crippen molar-refractivity contribution in [3.63, 3.8) is 0 Å². The lowest BCUT2D eigenvalue weighted by molar-refractivity contribution is -0.388. The second kappa shape index (κ2) is 6.26. The van der Waals surface area contributed by atoms with Gasteiger partial charge >= 0.3 is 5.69 Å². The summed E-state index contributed by atoms with van der Waals surface area (Å²) in [5.41, 5.74) is 0.688. The van der Waals surface area contributed by atoms with Crippen LogP contribution >= 0.6 is 23.4 Å². The van der Waals surface area contributed by atoms with Gasteiger partial charge in [-0.15, -0.1) is 11.6 Å². The molecular formula is C10H16ClN3O2S. The Morgan fingerprint density at radius 2 is 2.24 bits per heavy atom. The zero-order chi connectivity index (χ0) is 13.0. The van der Waals surface area contributed by atoms with Crippen molar-refractivity contribution in [2.45, 2.75) is 31.2 Å². The fourth-order valence-corrected chi connectivity index (χ4v) is 2.78. The zero-order valence-electron chi connectivity index (χ0n) is 10.1. The summed E-state index contributed by atoms with van der Waals surface area (Å²) in [5.74, 6) is 1.38. The highest BCUT2D eigenvalue weighted by molar-refractivity contribution is 7.99. The average molecular weight is 278 g/mol. The maximum Gasteiger partial charge on any atom is 0.324 e.